The summed E-state index contributed by atoms with van der Waals surface area (Å²) in [6, 6.07) is 21.5. The van der Waals surface area contributed by atoms with Crippen molar-refractivity contribution in [3.63, 3.8) is 0 Å². The quantitative estimate of drug-likeness (QED) is 0.330. The van der Waals surface area contributed by atoms with Gasteiger partial charge >= 0.3 is 5.97 Å². The molecular weight excluding hydrogens is 404 g/mol. The molecule has 32 heavy (non-hydrogen) atoms. The number of ether oxygens (including phenoxy) is 1. The number of aryl methyl sites for hydroxylation is 1. The Hall–Kier alpha value is -4.19. The zero-order valence-corrected chi connectivity index (χ0v) is 17.9. The van der Waals surface area contributed by atoms with Crippen LogP contribution in [-0.2, 0) is 16.1 Å². The van der Waals surface area contributed by atoms with Crippen LogP contribution in [0.2, 0.25) is 0 Å². The van der Waals surface area contributed by atoms with Gasteiger partial charge in [-0.1, -0.05) is 48.0 Å². The average molecular weight is 428 g/mol. The van der Waals surface area contributed by atoms with Gasteiger partial charge in [-0.15, -0.1) is 0 Å². The van der Waals surface area contributed by atoms with E-state index in [2.05, 4.69) is 10.6 Å². The molecular formula is C26H24N2O4. The predicted molar refractivity (Wildman–Crippen MR) is 124 cm³/mol. The van der Waals surface area contributed by atoms with Crippen LogP contribution in [0.3, 0.4) is 0 Å². The lowest BCUT2D eigenvalue weighted by atomic mass is 10.1. The van der Waals surface area contributed by atoms with E-state index in [0.29, 0.717) is 23.5 Å². The van der Waals surface area contributed by atoms with Crippen LogP contribution < -0.4 is 15.4 Å². The number of anilines is 1. The molecule has 0 heterocycles. The fraction of sp³-hybridized carbons (Fsp3) is 0.115. The monoisotopic (exact) mass is 428 g/mol. The summed E-state index contributed by atoms with van der Waals surface area (Å²) < 4.78 is 5.02. The lowest BCUT2D eigenvalue weighted by Gasteiger charge is -2.09. The van der Waals surface area contributed by atoms with E-state index in [1.807, 2.05) is 37.3 Å². The molecule has 0 saturated carbocycles. The Bertz CT molecular complexity index is 1150. The van der Waals surface area contributed by atoms with Crippen molar-refractivity contribution in [3.8, 4) is 5.75 Å². The van der Waals surface area contributed by atoms with Crippen molar-refractivity contribution < 1.29 is 19.1 Å². The summed E-state index contributed by atoms with van der Waals surface area (Å²) >= 11 is 0. The Morgan fingerprint density at radius 2 is 1.69 bits per heavy atom. The first-order valence-electron chi connectivity index (χ1n) is 10.1. The highest BCUT2D eigenvalue weighted by Gasteiger charge is 2.09. The summed E-state index contributed by atoms with van der Waals surface area (Å²) in [5, 5.41) is 5.64. The number of hydrogen-bond acceptors (Lipinski definition) is 4. The van der Waals surface area contributed by atoms with Crippen LogP contribution in [0.4, 0.5) is 5.69 Å². The highest BCUT2D eigenvalue weighted by Crippen LogP contribution is 2.16. The molecule has 3 rings (SSSR count). The normalized spacial score (nSPS) is 10.6. The Morgan fingerprint density at radius 3 is 2.44 bits per heavy atom. The molecule has 0 aliphatic carbocycles. The minimum Gasteiger partial charge on any atom is -0.427 e. The molecule has 6 heteroatoms. The van der Waals surface area contributed by atoms with Crippen LogP contribution in [0, 0.1) is 6.92 Å². The van der Waals surface area contributed by atoms with Gasteiger partial charge in [-0.2, -0.15) is 0 Å². The average Bonchev–Trinajstić information content (AvgIpc) is 2.77. The fourth-order valence-electron chi connectivity index (χ4n) is 2.93. The van der Waals surface area contributed by atoms with Gasteiger partial charge in [0.05, 0.1) is 0 Å². The SMILES string of the molecule is CC(=O)Oc1cccc(C(=O)Nc2cccc(CNC(=O)/C=C/c3ccc(C)cc3)c2)c1. The van der Waals surface area contributed by atoms with Crippen LogP contribution in [0.15, 0.2) is 78.9 Å². The second-order valence-electron chi connectivity index (χ2n) is 7.24. The molecule has 3 aromatic carbocycles. The summed E-state index contributed by atoms with van der Waals surface area (Å²) in [5.74, 6) is -0.685. The van der Waals surface area contributed by atoms with Crippen LogP contribution in [0.1, 0.15) is 34.0 Å². The first-order chi connectivity index (χ1) is 15.4. The van der Waals surface area contributed by atoms with Crippen molar-refractivity contribution in [1.82, 2.24) is 5.32 Å². The third kappa shape index (κ3) is 6.95. The summed E-state index contributed by atoms with van der Waals surface area (Å²) in [6.45, 7) is 3.63. The van der Waals surface area contributed by atoms with Crippen molar-refractivity contribution >= 4 is 29.5 Å². The Kier molecular flexibility index (Phi) is 7.54. The first-order valence-corrected chi connectivity index (χ1v) is 10.1. The molecule has 0 aliphatic rings. The van der Waals surface area contributed by atoms with E-state index in [0.717, 1.165) is 16.7 Å². The number of amides is 2. The van der Waals surface area contributed by atoms with E-state index in [1.165, 1.54) is 19.1 Å². The van der Waals surface area contributed by atoms with Gasteiger partial charge in [0.15, 0.2) is 0 Å². The van der Waals surface area contributed by atoms with Gasteiger partial charge in [0.25, 0.3) is 5.91 Å². The number of benzene rings is 3. The van der Waals surface area contributed by atoms with Crippen molar-refractivity contribution in [1.29, 1.82) is 0 Å². The molecule has 0 unspecified atom stereocenters. The number of hydrogen-bond donors (Lipinski definition) is 2. The summed E-state index contributed by atoms with van der Waals surface area (Å²) in [7, 11) is 0. The zero-order chi connectivity index (χ0) is 22.9. The predicted octanol–water partition coefficient (Wildman–Crippen LogP) is 4.50. The maximum Gasteiger partial charge on any atom is 0.308 e. The Morgan fingerprint density at radius 1 is 0.938 bits per heavy atom. The summed E-state index contributed by atoms with van der Waals surface area (Å²) in [5.41, 5.74) is 3.91. The number of carbonyl (C=O) groups excluding carboxylic acids is 3. The van der Waals surface area contributed by atoms with Crippen LogP contribution in [-0.4, -0.2) is 17.8 Å². The van der Waals surface area contributed by atoms with Gasteiger partial charge in [-0.05, 0) is 54.5 Å². The van der Waals surface area contributed by atoms with Crippen molar-refractivity contribution in [2.75, 3.05) is 5.32 Å². The summed E-state index contributed by atoms with van der Waals surface area (Å²) in [6.07, 6.45) is 3.25. The van der Waals surface area contributed by atoms with Gasteiger partial charge in [0.1, 0.15) is 5.75 Å². The van der Waals surface area contributed by atoms with Gasteiger partial charge < -0.3 is 15.4 Å². The second-order valence-corrected chi connectivity index (χ2v) is 7.24. The zero-order valence-electron chi connectivity index (χ0n) is 17.9. The minimum atomic E-state index is -0.453. The molecule has 6 nitrogen and oxygen atoms in total. The smallest absolute Gasteiger partial charge is 0.308 e. The van der Waals surface area contributed by atoms with Gasteiger partial charge in [0, 0.05) is 30.8 Å². The molecule has 2 amide bonds. The van der Waals surface area contributed by atoms with Crippen molar-refractivity contribution in [2.45, 2.75) is 20.4 Å². The molecule has 0 saturated heterocycles. The second kappa shape index (κ2) is 10.7. The molecule has 2 N–H and O–H groups in total. The molecule has 162 valence electrons. The van der Waals surface area contributed by atoms with E-state index in [-0.39, 0.29) is 11.8 Å². The van der Waals surface area contributed by atoms with E-state index >= 15 is 0 Å². The van der Waals surface area contributed by atoms with Crippen molar-refractivity contribution in [3.05, 3.63) is 101 Å². The molecule has 0 aromatic heterocycles. The van der Waals surface area contributed by atoms with Crippen LogP contribution in [0.25, 0.3) is 6.08 Å². The molecule has 0 fully saturated rings. The molecule has 0 bridgehead atoms. The van der Waals surface area contributed by atoms with Gasteiger partial charge in [-0.3, -0.25) is 14.4 Å². The lowest BCUT2D eigenvalue weighted by Crippen LogP contribution is -2.20. The molecule has 0 spiro atoms. The number of esters is 1. The highest BCUT2D eigenvalue weighted by atomic mass is 16.5. The van der Waals surface area contributed by atoms with Crippen LogP contribution in [0.5, 0.6) is 5.75 Å². The van der Waals surface area contributed by atoms with Crippen LogP contribution >= 0.6 is 0 Å². The van der Waals surface area contributed by atoms with Crippen molar-refractivity contribution in [2.24, 2.45) is 0 Å². The van der Waals surface area contributed by atoms with E-state index in [4.69, 9.17) is 4.74 Å². The van der Waals surface area contributed by atoms with Gasteiger partial charge in [-0.25, -0.2) is 0 Å². The first kappa shape index (κ1) is 22.5. The standard InChI is InChI=1S/C26H24N2O4/c1-18-9-11-20(12-10-18)13-14-25(30)27-17-21-5-3-7-23(15-21)28-26(31)22-6-4-8-24(16-22)32-19(2)29/h3-16H,17H2,1-2H3,(H,27,30)(H,28,31)/b14-13+. The number of nitrogens with one attached hydrogen (secondary N) is 2. The van der Waals surface area contributed by atoms with Gasteiger partial charge in [0.2, 0.25) is 5.91 Å². The van der Waals surface area contributed by atoms with E-state index in [1.54, 1.807) is 42.5 Å². The van der Waals surface area contributed by atoms with E-state index in [9.17, 15) is 14.4 Å². The molecule has 0 aliphatic heterocycles. The maximum absolute atomic E-state index is 12.5. The molecule has 0 radical (unpaired) electrons. The van der Waals surface area contributed by atoms with E-state index < -0.39 is 5.97 Å². The third-order valence-corrected chi connectivity index (χ3v) is 4.51. The topological polar surface area (TPSA) is 84.5 Å². The Balaban J connectivity index is 1.57. The third-order valence-electron chi connectivity index (χ3n) is 4.51. The molecule has 3 aromatic rings. The fourth-order valence-corrected chi connectivity index (χ4v) is 2.93. The largest absolute Gasteiger partial charge is 0.427 e. The maximum atomic E-state index is 12.5. The molecule has 0 atom stereocenters. The highest BCUT2D eigenvalue weighted by molar-refractivity contribution is 6.04. The Labute approximate surface area is 186 Å². The minimum absolute atomic E-state index is 0.206. The summed E-state index contributed by atoms with van der Waals surface area (Å²) in [4.78, 5) is 35.7. The number of carbonyl (C=O) groups is 3. The lowest BCUT2D eigenvalue weighted by molar-refractivity contribution is -0.131. The number of rotatable bonds is 7.